The number of hydrogen-bond acceptors (Lipinski definition) is 6. The molecule has 1 aliphatic carbocycles. The van der Waals surface area contributed by atoms with Crippen molar-refractivity contribution in [1.82, 2.24) is 9.88 Å². The van der Waals surface area contributed by atoms with Gasteiger partial charge in [-0.15, -0.1) is 0 Å². The topological polar surface area (TPSA) is 81.1 Å². The van der Waals surface area contributed by atoms with Gasteiger partial charge in [0, 0.05) is 26.1 Å². The molecule has 1 N–H and O–H groups in total. The lowest BCUT2D eigenvalue weighted by molar-refractivity contribution is -0.120. The summed E-state index contributed by atoms with van der Waals surface area (Å²) in [6.45, 7) is 5.25. The normalized spacial score (nSPS) is 16.7. The molecule has 1 aliphatic rings. The van der Waals surface area contributed by atoms with Crippen LogP contribution in [-0.4, -0.2) is 59.3 Å². The van der Waals surface area contributed by atoms with Gasteiger partial charge in [0.25, 0.3) is 0 Å². The zero-order valence-electron chi connectivity index (χ0n) is 15.9. The van der Waals surface area contributed by atoms with Crippen LogP contribution in [0.25, 0.3) is 0 Å². The standard InChI is InChI=1S/C18H27FN2O5/c1-18(2,3)26-17(23)21(4)14(16(22)24-5)9-11-8-12(19)10-20-15(11)25-13-6-7-13/h8,10,13-14,16,22H,6-7,9H2,1-5H3/t14-,16?/m0/s1. The van der Waals surface area contributed by atoms with Gasteiger partial charge in [0.1, 0.15) is 17.5 Å². The number of rotatable bonds is 7. The summed E-state index contributed by atoms with van der Waals surface area (Å²) >= 11 is 0. The van der Waals surface area contributed by atoms with E-state index < -0.39 is 29.8 Å². The Balaban J connectivity index is 2.22. The van der Waals surface area contributed by atoms with E-state index in [2.05, 4.69) is 4.98 Å². The maximum absolute atomic E-state index is 13.7. The minimum atomic E-state index is -1.29. The van der Waals surface area contributed by atoms with Crippen LogP contribution >= 0.6 is 0 Å². The molecule has 8 heteroatoms. The SMILES string of the molecule is COC(O)[C@H](Cc1cc(F)cnc1OC1CC1)N(C)C(=O)OC(C)(C)C. The van der Waals surface area contributed by atoms with Crippen LogP contribution < -0.4 is 4.74 Å². The number of amides is 1. The Morgan fingerprint density at radius 3 is 2.65 bits per heavy atom. The molecule has 0 saturated heterocycles. The molecule has 1 aromatic rings. The Morgan fingerprint density at radius 2 is 2.12 bits per heavy atom. The summed E-state index contributed by atoms with van der Waals surface area (Å²) in [6, 6.07) is 0.489. The Labute approximate surface area is 153 Å². The monoisotopic (exact) mass is 370 g/mol. The van der Waals surface area contributed by atoms with E-state index >= 15 is 0 Å². The number of carbonyl (C=O) groups excluding carboxylic acids is 1. The second-order valence-electron chi connectivity index (χ2n) is 7.42. The van der Waals surface area contributed by atoms with Gasteiger partial charge in [-0.2, -0.15) is 0 Å². The lowest BCUT2D eigenvalue weighted by Crippen LogP contribution is -2.48. The minimum Gasteiger partial charge on any atom is -0.474 e. The van der Waals surface area contributed by atoms with E-state index in [0.29, 0.717) is 11.4 Å². The molecule has 0 aliphatic heterocycles. The van der Waals surface area contributed by atoms with E-state index in [1.807, 2.05) is 0 Å². The highest BCUT2D eigenvalue weighted by molar-refractivity contribution is 5.68. The van der Waals surface area contributed by atoms with Crippen molar-refractivity contribution in [3.63, 3.8) is 0 Å². The number of pyridine rings is 1. The van der Waals surface area contributed by atoms with E-state index in [9.17, 15) is 14.3 Å². The zero-order valence-corrected chi connectivity index (χ0v) is 15.9. The van der Waals surface area contributed by atoms with Crippen LogP contribution in [0.3, 0.4) is 0 Å². The number of likely N-dealkylation sites (N-methyl/N-ethyl adjacent to an activating group) is 1. The van der Waals surface area contributed by atoms with Crippen molar-refractivity contribution in [1.29, 1.82) is 0 Å². The van der Waals surface area contributed by atoms with Crippen LogP contribution in [0, 0.1) is 5.82 Å². The Hall–Kier alpha value is -1.93. The maximum Gasteiger partial charge on any atom is 0.410 e. The molecule has 0 radical (unpaired) electrons. The molecule has 1 unspecified atom stereocenters. The molecule has 0 spiro atoms. The molecule has 0 bridgehead atoms. The van der Waals surface area contributed by atoms with Gasteiger partial charge in [-0.05, 0) is 39.7 Å². The first-order valence-corrected chi connectivity index (χ1v) is 8.58. The summed E-state index contributed by atoms with van der Waals surface area (Å²) in [5.41, 5.74) is -0.234. The molecule has 0 aromatic carbocycles. The van der Waals surface area contributed by atoms with Crippen molar-refractivity contribution in [2.45, 2.75) is 64.1 Å². The Morgan fingerprint density at radius 1 is 1.46 bits per heavy atom. The first kappa shape index (κ1) is 20.4. The predicted octanol–water partition coefficient (Wildman–Crippen LogP) is 2.50. The fourth-order valence-electron chi connectivity index (χ4n) is 2.35. The van der Waals surface area contributed by atoms with Crippen LogP contribution in [0.4, 0.5) is 9.18 Å². The smallest absolute Gasteiger partial charge is 0.410 e. The van der Waals surface area contributed by atoms with Crippen LogP contribution in [0.5, 0.6) is 5.88 Å². The summed E-state index contributed by atoms with van der Waals surface area (Å²) in [4.78, 5) is 17.6. The van der Waals surface area contributed by atoms with Crippen LogP contribution in [0.1, 0.15) is 39.2 Å². The Kier molecular flexibility index (Phi) is 6.41. The molecule has 1 amide bonds. The number of halogens is 1. The quantitative estimate of drug-likeness (QED) is 0.743. The number of hydrogen-bond donors (Lipinski definition) is 1. The average molecular weight is 370 g/mol. The van der Waals surface area contributed by atoms with E-state index in [1.165, 1.54) is 25.1 Å². The molecule has 2 rings (SSSR count). The predicted molar refractivity (Wildman–Crippen MR) is 92.3 cm³/mol. The van der Waals surface area contributed by atoms with Crippen molar-refractivity contribution in [3.05, 3.63) is 23.6 Å². The largest absolute Gasteiger partial charge is 0.474 e. The van der Waals surface area contributed by atoms with Crippen LogP contribution in [-0.2, 0) is 15.9 Å². The first-order valence-electron chi connectivity index (χ1n) is 8.58. The fourth-order valence-corrected chi connectivity index (χ4v) is 2.35. The summed E-state index contributed by atoms with van der Waals surface area (Å²) in [6.07, 6.45) is 1.22. The molecule has 1 heterocycles. The molecule has 146 valence electrons. The fraction of sp³-hybridized carbons (Fsp3) is 0.667. The third-order valence-electron chi connectivity index (χ3n) is 3.87. The van der Waals surface area contributed by atoms with Crippen molar-refractivity contribution in [2.75, 3.05) is 14.2 Å². The molecule has 7 nitrogen and oxygen atoms in total. The summed E-state index contributed by atoms with van der Waals surface area (Å²) in [5, 5.41) is 10.2. The molecule has 1 saturated carbocycles. The number of carbonyl (C=O) groups is 1. The van der Waals surface area contributed by atoms with Crippen molar-refractivity contribution < 1.29 is 28.5 Å². The second-order valence-corrected chi connectivity index (χ2v) is 7.42. The number of ether oxygens (including phenoxy) is 3. The highest BCUT2D eigenvalue weighted by Crippen LogP contribution is 2.29. The number of aromatic nitrogens is 1. The van der Waals surface area contributed by atoms with Crippen molar-refractivity contribution in [3.8, 4) is 5.88 Å². The summed E-state index contributed by atoms with van der Waals surface area (Å²) in [7, 11) is 2.82. The van der Waals surface area contributed by atoms with Gasteiger partial charge in [-0.25, -0.2) is 14.2 Å². The highest BCUT2D eigenvalue weighted by Gasteiger charge is 2.32. The average Bonchev–Trinajstić information content (AvgIpc) is 3.36. The molecule has 1 fully saturated rings. The maximum atomic E-state index is 13.7. The van der Waals surface area contributed by atoms with Gasteiger partial charge in [-0.3, -0.25) is 0 Å². The van der Waals surface area contributed by atoms with E-state index in [-0.39, 0.29) is 12.5 Å². The van der Waals surface area contributed by atoms with Crippen LogP contribution in [0.2, 0.25) is 0 Å². The lowest BCUT2D eigenvalue weighted by atomic mass is 10.1. The van der Waals surface area contributed by atoms with E-state index in [0.717, 1.165) is 19.0 Å². The van der Waals surface area contributed by atoms with E-state index in [1.54, 1.807) is 20.8 Å². The van der Waals surface area contributed by atoms with Crippen LogP contribution in [0.15, 0.2) is 12.3 Å². The summed E-state index contributed by atoms with van der Waals surface area (Å²) < 4.78 is 29.8. The highest BCUT2D eigenvalue weighted by atomic mass is 19.1. The van der Waals surface area contributed by atoms with Gasteiger partial charge in [0.15, 0.2) is 6.29 Å². The number of nitrogens with zero attached hydrogens (tertiary/aromatic N) is 2. The summed E-state index contributed by atoms with van der Waals surface area (Å²) in [5.74, 6) is -0.214. The van der Waals surface area contributed by atoms with Gasteiger partial charge < -0.3 is 24.2 Å². The first-order chi connectivity index (χ1) is 12.1. The van der Waals surface area contributed by atoms with Crippen molar-refractivity contribution in [2.24, 2.45) is 0 Å². The molecule has 2 atom stereocenters. The minimum absolute atomic E-state index is 0.0843. The Bertz CT molecular complexity index is 630. The van der Waals surface area contributed by atoms with Gasteiger partial charge >= 0.3 is 6.09 Å². The molecular formula is C18H27FN2O5. The zero-order chi connectivity index (χ0) is 19.5. The van der Waals surface area contributed by atoms with Crippen molar-refractivity contribution >= 4 is 6.09 Å². The molecule has 1 aromatic heterocycles. The molecule has 26 heavy (non-hydrogen) atoms. The van der Waals surface area contributed by atoms with Gasteiger partial charge in [0.05, 0.1) is 12.2 Å². The number of aliphatic hydroxyl groups is 1. The molecular weight excluding hydrogens is 343 g/mol. The van der Waals surface area contributed by atoms with Gasteiger partial charge in [-0.1, -0.05) is 0 Å². The number of methoxy groups -OCH3 is 1. The number of aliphatic hydroxyl groups excluding tert-OH is 1. The van der Waals surface area contributed by atoms with Gasteiger partial charge in [0.2, 0.25) is 5.88 Å². The van der Waals surface area contributed by atoms with E-state index in [4.69, 9.17) is 14.2 Å². The third kappa shape index (κ3) is 5.81. The second kappa shape index (κ2) is 8.18. The lowest BCUT2D eigenvalue weighted by Gasteiger charge is -2.33. The third-order valence-corrected chi connectivity index (χ3v) is 3.87.